The van der Waals surface area contributed by atoms with Gasteiger partial charge in [0.15, 0.2) is 0 Å². The van der Waals surface area contributed by atoms with Crippen molar-refractivity contribution in [3.05, 3.63) is 29.3 Å². The molecule has 0 saturated carbocycles. The van der Waals surface area contributed by atoms with Crippen LogP contribution >= 0.6 is 0 Å². The van der Waals surface area contributed by atoms with E-state index in [2.05, 4.69) is 4.72 Å². The number of aryl methyl sites for hydroxylation is 1. The van der Waals surface area contributed by atoms with Gasteiger partial charge in [-0.2, -0.15) is 0 Å². The maximum absolute atomic E-state index is 12.7. The molecule has 3 rings (SSSR count). The van der Waals surface area contributed by atoms with Gasteiger partial charge in [-0.3, -0.25) is 9.52 Å². The van der Waals surface area contributed by atoms with Crippen molar-refractivity contribution >= 4 is 28.6 Å². The molecule has 0 spiro atoms. The topological polar surface area (TPSA) is 105 Å². The highest BCUT2D eigenvalue weighted by Crippen LogP contribution is 2.19. The van der Waals surface area contributed by atoms with Gasteiger partial charge in [-0.1, -0.05) is 0 Å². The average molecular weight is 397 g/mol. The molecule has 9 nitrogen and oxygen atoms in total. The first-order chi connectivity index (χ1) is 12.9. The van der Waals surface area contributed by atoms with Crippen molar-refractivity contribution in [1.82, 2.24) is 9.80 Å². The van der Waals surface area contributed by atoms with Gasteiger partial charge in [0.2, 0.25) is 10.9 Å². The minimum atomic E-state index is -2.75. The molecule has 2 amide bonds. The molecule has 2 aliphatic rings. The molecule has 0 bridgehead atoms. The van der Waals surface area contributed by atoms with Crippen LogP contribution in [0.1, 0.15) is 22.3 Å². The molecule has 1 aromatic carbocycles. The zero-order chi connectivity index (χ0) is 19.4. The molecule has 1 N–H and O–H groups in total. The maximum atomic E-state index is 12.7. The summed E-state index contributed by atoms with van der Waals surface area (Å²) in [7, 11) is -2.75. The zero-order valence-electron chi connectivity index (χ0n) is 15.1. The van der Waals surface area contributed by atoms with Gasteiger partial charge in [-0.05, 0) is 30.7 Å². The molecule has 0 radical (unpaired) electrons. The van der Waals surface area contributed by atoms with Crippen LogP contribution in [0.5, 0.6) is 0 Å². The van der Waals surface area contributed by atoms with Crippen molar-refractivity contribution in [2.45, 2.75) is 19.4 Å². The van der Waals surface area contributed by atoms with Crippen molar-refractivity contribution in [2.75, 3.05) is 44.1 Å². The van der Waals surface area contributed by atoms with Crippen LogP contribution in [0.4, 0.5) is 10.5 Å². The first-order valence-corrected chi connectivity index (χ1v) is 9.96. The quantitative estimate of drug-likeness (QED) is 0.722. The molecular weight excluding hydrogens is 374 g/mol. The largest absolute Gasteiger partial charge is 0.444 e. The van der Waals surface area contributed by atoms with Gasteiger partial charge in [0, 0.05) is 38.2 Å². The predicted molar refractivity (Wildman–Crippen MR) is 98.3 cm³/mol. The molecule has 2 saturated heterocycles. The van der Waals surface area contributed by atoms with Crippen LogP contribution in [0.2, 0.25) is 0 Å². The number of rotatable bonds is 4. The van der Waals surface area contributed by atoms with Crippen LogP contribution in [0.15, 0.2) is 18.2 Å². The minimum Gasteiger partial charge on any atom is -0.444 e. The molecule has 2 aliphatic heterocycles. The number of piperazine rings is 1. The van der Waals surface area contributed by atoms with E-state index in [4.69, 9.17) is 9.47 Å². The highest BCUT2D eigenvalue weighted by molar-refractivity contribution is 7.73. The van der Waals surface area contributed by atoms with E-state index in [1.54, 1.807) is 34.9 Å². The Hall–Kier alpha value is -2.33. The van der Waals surface area contributed by atoms with Gasteiger partial charge in [0.05, 0.1) is 18.9 Å². The molecule has 148 valence electrons. The van der Waals surface area contributed by atoms with E-state index in [1.807, 2.05) is 0 Å². The normalized spacial score (nSPS) is 20.0. The van der Waals surface area contributed by atoms with Gasteiger partial charge in [-0.15, -0.1) is 0 Å². The Labute approximate surface area is 159 Å². The molecule has 2 fully saturated rings. The number of nitrogens with zero attached hydrogens (tertiary/aromatic N) is 2. The first kappa shape index (κ1) is 19.4. The summed E-state index contributed by atoms with van der Waals surface area (Å²) in [5.74, 6) is -0.145. The van der Waals surface area contributed by atoms with Gasteiger partial charge < -0.3 is 19.3 Å². The SMILES string of the molecule is Cc1cc(C(=O)N2CCN(C(=O)OC3CCOC3)CC2)ccc1N[SH](=O)=O. The highest BCUT2D eigenvalue weighted by atomic mass is 32.2. The monoisotopic (exact) mass is 397 g/mol. The predicted octanol–water partition coefficient (Wildman–Crippen LogP) is 0.617. The molecule has 2 heterocycles. The number of anilines is 1. The number of nitrogens with one attached hydrogen (secondary N) is 1. The number of carbonyl (C=O) groups is 2. The fourth-order valence-electron chi connectivity index (χ4n) is 3.12. The number of hydrogen-bond acceptors (Lipinski definition) is 6. The van der Waals surface area contributed by atoms with E-state index in [1.165, 1.54) is 0 Å². The van der Waals surface area contributed by atoms with Gasteiger partial charge in [0.1, 0.15) is 6.10 Å². The maximum Gasteiger partial charge on any atom is 0.410 e. The Morgan fingerprint density at radius 2 is 1.89 bits per heavy atom. The van der Waals surface area contributed by atoms with Gasteiger partial charge in [0.25, 0.3) is 5.91 Å². The molecule has 0 aliphatic carbocycles. The van der Waals surface area contributed by atoms with Gasteiger partial charge >= 0.3 is 6.09 Å². The Morgan fingerprint density at radius 1 is 1.19 bits per heavy atom. The summed E-state index contributed by atoms with van der Waals surface area (Å²) in [6.45, 7) is 4.44. The minimum absolute atomic E-state index is 0.145. The van der Waals surface area contributed by atoms with Crippen LogP contribution in [0, 0.1) is 6.92 Å². The third-order valence-electron chi connectivity index (χ3n) is 4.67. The lowest BCUT2D eigenvalue weighted by molar-refractivity contribution is 0.0370. The summed E-state index contributed by atoms with van der Waals surface area (Å²) in [5, 5.41) is 0. The van der Waals surface area contributed by atoms with Crippen molar-refractivity contribution in [3.8, 4) is 0 Å². The van der Waals surface area contributed by atoms with Crippen LogP contribution in [-0.2, 0) is 20.4 Å². The van der Waals surface area contributed by atoms with Crippen LogP contribution < -0.4 is 4.72 Å². The van der Waals surface area contributed by atoms with Crippen LogP contribution in [0.25, 0.3) is 0 Å². The molecule has 1 unspecified atom stereocenters. The van der Waals surface area contributed by atoms with E-state index in [0.29, 0.717) is 56.2 Å². The summed E-state index contributed by atoms with van der Waals surface area (Å²) in [5.41, 5.74) is 1.60. The molecule has 1 atom stereocenters. The first-order valence-electron chi connectivity index (χ1n) is 8.78. The molecule has 10 heteroatoms. The second-order valence-corrected chi connectivity index (χ2v) is 7.29. The number of benzene rings is 1. The fourth-order valence-corrected chi connectivity index (χ4v) is 3.57. The summed E-state index contributed by atoms with van der Waals surface area (Å²) >= 11 is 0. The van der Waals surface area contributed by atoms with Crippen molar-refractivity contribution in [2.24, 2.45) is 0 Å². The molecular formula is C17H23N3O6S. The third kappa shape index (κ3) is 4.89. The summed E-state index contributed by atoms with van der Waals surface area (Å²) in [6, 6.07) is 4.83. The molecule has 1 aromatic rings. The van der Waals surface area contributed by atoms with Crippen molar-refractivity contribution < 1.29 is 27.5 Å². The summed E-state index contributed by atoms with van der Waals surface area (Å²) in [4.78, 5) is 28.1. The van der Waals surface area contributed by atoms with E-state index in [9.17, 15) is 18.0 Å². The Kier molecular flexibility index (Phi) is 6.17. The fraction of sp³-hybridized carbons (Fsp3) is 0.529. The summed E-state index contributed by atoms with van der Waals surface area (Å²) in [6.07, 6.45) is 0.168. The highest BCUT2D eigenvalue weighted by Gasteiger charge is 2.28. The second kappa shape index (κ2) is 8.57. The Bertz CT molecular complexity index is 775. The smallest absolute Gasteiger partial charge is 0.410 e. The van der Waals surface area contributed by atoms with Crippen molar-refractivity contribution in [3.63, 3.8) is 0 Å². The number of hydrogen-bond donors (Lipinski definition) is 2. The lowest BCUT2D eigenvalue weighted by Gasteiger charge is -2.34. The number of thiol groups is 1. The lowest BCUT2D eigenvalue weighted by atomic mass is 10.1. The Morgan fingerprint density at radius 3 is 2.48 bits per heavy atom. The van der Waals surface area contributed by atoms with Crippen LogP contribution in [-0.4, -0.2) is 75.7 Å². The molecule has 27 heavy (non-hydrogen) atoms. The second-order valence-electron chi connectivity index (χ2n) is 6.55. The van der Waals surface area contributed by atoms with E-state index in [-0.39, 0.29) is 18.1 Å². The Balaban J connectivity index is 1.55. The van der Waals surface area contributed by atoms with E-state index < -0.39 is 10.9 Å². The van der Waals surface area contributed by atoms with E-state index >= 15 is 0 Å². The third-order valence-corrected chi connectivity index (χ3v) is 5.09. The average Bonchev–Trinajstić information content (AvgIpc) is 3.15. The van der Waals surface area contributed by atoms with Crippen LogP contribution in [0.3, 0.4) is 0 Å². The molecule has 0 aromatic heterocycles. The summed E-state index contributed by atoms with van der Waals surface area (Å²) < 4.78 is 34.5. The van der Waals surface area contributed by atoms with E-state index in [0.717, 1.165) is 6.42 Å². The van der Waals surface area contributed by atoms with Gasteiger partial charge in [-0.25, -0.2) is 13.2 Å². The zero-order valence-corrected chi connectivity index (χ0v) is 15.9. The number of amides is 2. The number of carbonyl (C=O) groups excluding carboxylic acids is 2. The lowest BCUT2D eigenvalue weighted by Crippen LogP contribution is -2.51. The standard InChI is InChI=1S/C17H23N3O6S/c1-12-10-13(2-3-15(12)18-27(23)24)16(21)19-5-7-20(8-6-19)17(22)26-14-4-9-25-11-14/h2-3,10,14,27H,4-9,11H2,1H3,(H,18,23,24). The number of ether oxygens (including phenoxy) is 2. The van der Waals surface area contributed by atoms with Crippen molar-refractivity contribution in [1.29, 1.82) is 0 Å².